The molecule has 1 rings (SSSR count). The van der Waals surface area contributed by atoms with E-state index in [0.29, 0.717) is 19.2 Å². The van der Waals surface area contributed by atoms with Crippen LogP contribution in [0.3, 0.4) is 0 Å². The number of hydrogen-bond acceptors (Lipinski definition) is 3. The SMILES string of the molecule is CCC1CCCCN1C(=O)COCCN. The molecular formula is C11H22N2O2. The summed E-state index contributed by atoms with van der Waals surface area (Å²) in [7, 11) is 0. The molecule has 4 nitrogen and oxygen atoms in total. The molecule has 1 aliphatic rings. The first-order valence-corrected chi connectivity index (χ1v) is 5.86. The van der Waals surface area contributed by atoms with Gasteiger partial charge in [-0.2, -0.15) is 0 Å². The summed E-state index contributed by atoms with van der Waals surface area (Å²) in [5, 5.41) is 0. The highest BCUT2D eigenvalue weighted by molar-refractivity contribution is 5.77. The third-order valence-electron chi connectivity index (χ3n) is 2.91. The van der Waals surface area contributed by atoms with Crippen LogP contribution in [0.1, 0.15) is 32.6 Å². The molecule has 1 atom stereocenters. The molecule has 1 heterocycles. The maximum atomic E-state index is 11.8. The average Bonchev–Trinajstić information content (AvgIpc) is 2.29. The van der Waals surface area contributed by atoms with Crippen molar-refractivity contribution in [2.75, 3.05) is 26.3 Å². The first-order valence-electron chi connectivity index (χ1n) is 5.86. The lowest BCUT2D eigenvalue weighted by Crippen LogP contribution is -2.45. The van der Waals surface area contributed by atoms with Crippen LogP contribution >= 0.6 is 0 Å². The molecule has 0 aromatic heterocycles. The molecule has 1 fully saturated rings. The number of hydrogen-bond donors (Lipinski definition) is 1. The number of rotatable bonds is 5. The van der Waals surface area contributed by atoms with Crippen molar-refractivity contribution in [3.63, 3.8) is 0 Å². The maximum absolute atomic E-state index is 11.8. The third kappa shape index (κ3) is 3.80. The summed E-state index contributed by atoms with van der Waals surface area (Å²) < 4.78 is 5.17. The molecule has 0 spiro atoms. The predicted molar refractivity (Wildman–Crippen MR) is 59.5 cm³/mol. The molecule has 2 N–H and O–H groups in total. The molecule has 0 radical (unpaired) electrons. The zero-order valence-electron chi connectivity index (χ0n) is 9.58. The molecule has 0 aromatic carbocycles. The van der Waals surface area contributed by atoms with Crippen LogP contribution in [-0.2, 0) is 9.53 Å². The van der Waals surface area contributed by atoms with E-state index < -0.39 is 0 Å². The van der Waals surface area contributed by atoms with Crippen molar-refractivity contribution < 1.29 is 9.53 Å². The van der Waals surface area contributed by atoms with E-state index in [4.69, 9.17) is 10.5 Å². The zero-order chi connectivity index (χ0) is 11.1. The largest absolute Gasteiger partial charge is 0.370 e. The lowest BCUT2D eigenvalue weighted by atomic mass is 10.00. The van der Waals surface area contributed by atoms with Crippen LogP contribution in [0.4, 0.5) is 0 Å². The summed E-state index contributed by atoms with van der Waals surface area (Å²) in [5.41, 5.74) is 5.30. The summed E-state index contributed by atoms with van der Waals surface area (Å²) in [6, 6.07) is 0.424. The lowest BCUT2D eigenvalue weighted by molar-refractivity contribution is -0.139. The van der Waals surface area contributed by atoms with E-state index in [1.807, 2.05) is 4.90 Å². The van der Waals surface area contributed by atoms with Gasteiger partial charge >= 0.3 is 0 Å². The topological polar surface area (TPSA) is 55.6 Å². The van der Waals surface area contributed by atoms with Gasteiger partial charge in [0.2, 0.25) is 5.91 Å². The van der Waals surface area contributed by atoms with Gasteiger partial charge in [-0.25, -0.2) is 0 Å². The molecule has 0 bridgehead atoms. The third-order valence-corrected chi connectivity index (χ3v) is 2.91. The van der Waals surface area contributed by atoms with Crippen LogP contribution in [0.25, 0.3) is 0 Å². The van der Waals surface area contributed by atoms with Crippen molar-refractivity contribution in [1.29, 1.82) is 0 Å². The summed E-state index contributed by atoms with van der Waals surface area (Å²) in [4.78, 5) is 13.8. The van der Waals surface area contributed by atoms with Crippen LogP contribution in [0.15, 0.2) is 0 Å². The second-order valence-corrected chi connectivity index (χ2v) is 3.99. The van der Waals surface area contributed by atoms with Gasteiger partial charge < -0.3 is 15.4 Å². The first kappa shape index (κ1) is 12.5. The van der Waals surface area contributed by atoms with Gasteiger partial charge in [-0.1, -0.05) is 6.92 Å². The maximum Gasteiger partial charge on any atom is 0.248 e. The van der Waals surface area contributed by atoms with E-state index in [-0.39, 0.29) is 12.5 Å². The Bertz CT molecular complexity index is 197. The van der Waals surface area contributed by atoms with E-state index in [1.165, 1.54) is 6.42 Å². The number of likely N-dealkylation sites (tertiary alicyclic amines) is 1. The highest BCUT2D eigenvalue weighted by Gasteiger charge is 2.24. The number of carbonyl (C=O) groups excluding carboxylic acids is 1. The van der Waals surface area contributed by atoms with Crippen LogP contribution < -0.4 is 5.73 Å². The van der Waals surface area contributed by atoms with Crippen molar-refractivity contribution in [3.05, 3.63) is 0 Å². The van der Waals surface area contributed by atoms with Gasteiger partial charge in [0.1, 0.15) is 6.61 Å². The van der Waals surface area contributed by atoms with Gasteiger partial charge in [-0.3, -0.25) is 4.79 Å². The van der Waals surface area contributed by atoms with E-state index in [9.17, 15) is 4.79 Å². The van der Waals surface area contributed by atoms with E-state index in [1.54, 1.807) is 0 Å². The summed E-state index contributed by atoms with van der Waals surface area (Å²) >= 11 is 0. The summed E-state index contributed by atoms with van der Waals surface area (Å²) in [6.07, 6.45) is 4.55. The molecule has 15 heavy (non-hydrogen) atoms. The molecule has 0 aliphatic carbocycles. The Kier molecular flexibility index (Phi) is 5.65. The lowest BCUT2D eigenvalue weighted by Gasteiger charge is -2.35. The van der Waals surface area contributed by atoms with Gasteiger partial charge in [0, 0.05) is 19.1 Å². The number of ether oxygens (including phenoxy) is 1. The van der Waals surface area contributed by atoms with Crippen molar-refractivity contribution >= 4 is 5.91 Å². The minimum atomic E-state index is 0.120. The van der Waals surface area contributed by atoms with Gasteiger partial charge in [0.25, 0.3) is 0 Å². The van der Waals surface area contributed by atoms with E-state index in [0.717, 1.165) is 25.8 Å². The Morgan fingerprint density at radius 2 is 2.33 bits per heavy atom. The number of nitrogens with zero attached hydrogens (tertiary/aromatic N) is 1. The van der Waals surface area contributed by atoms with Gasteiger partial charge in [-0.05, 0) is 25.7 Å². The number of amides is 1. The van der Waals surface area contributed by atoms with Crippen molar-refractivity contribution in [1.82, 2.24) is 4.90 Å². The van der Waals surface area contributed by atoms with E-state index >= 15 is 0 Å². The summed E-state index contributed by atoms with van der Waals surface area (Å²) in [5.74, 6) is 0.120. The fourth-order valence-electron chi connectivity index (χ4n) is 2.08. The normalized spacial score (nSPS) is 21.7. The molecule has 0 saturated carbocycles. The van der Waals surface area contributed by atoms with Crippen molar-refractivity contribution in [2.24, 2.45) is 5.73 Å². The molecule has 1 amide bonds. The number of nitrogens with two attached hydrogens (primary N) is 1. The van der Waals surface area contributed by atoms with Gasteiger partial charge in [0.15, 0.2) is 0 Å². The fraction of sp³-hybridized carbons (Fsp3) is 0.909. The molecule has 4 heteroatoms. The monoisotopic (exact) mass is 214 g/mol. The van der Waals surface area contributed by atoms with Crippen LogP contribution in [0, 0.1) is 0 Å². The number of carbonyl (C=O) groups is 1. The minimum absolute atomic E-state index is 0.120. The molecule has 1 unspecified atom stereocenters. The standard InChI is InChI=1S/C11H22N2O2/c1-2-10-5-3-4-7-13(10)11(14)9-15-8-6-12/h10H,2-9,12H2,1H3. The van der Waals surface area contributed by atoms with Gasteiger partial charge in [-0.15, -0.1) is 0 Å². The fourth-order valence-corrected chi connectivity index (χ4v) is 2.08. The highest BCUT2D eigenvalue weighted by Crippen LogP contribution is 2.19. The Balaban J connectivity index is 2.34. The Labute approximate surface area is 91.8 Å². The second kappa shape index (κ2) is 6.80. The molecular weight excluding hydrogens is 192 g/mol. The predicted octanol–water partition coefficient (Wildman–Crippen LogP) is 0.753. The van der Waals surface area contributed by atoms with Gasteiger partial charge in [0.05, 0.1) is 6.61 Å². The van der Waals surface area contributed by atoms with Crippen molar-refractivity contribution in [3.8, 4) is 0 Å². The Morgan fingerprint density at radius 3 is 3.00 bits per heavy atom. The molecule has 1 saturated heterocycles. The van der Waals surface area contributed by atoms with Crippen LogP contribution in [0.2, 0.25) is 0 Å². The van der Waals surface area contributed by atoms with E-state index in [2.05, 4.69) is 6.92 Å². The zero-order valence-corrected chi connectivity index (χ0v) is 9.58. The number of piperidine rings is 1. The molecule has 0 aromatic rings. The highest BCUT2D eigenvalue weighted by atomic mass is 16.5. The first-order chi connectivity index (χ1) is 7.29. The average molecular weight is 214 g/mol. The molecule has 88 valence electrons. The Morgan fingerprint density at radius 1 is 1.53 bits per heavy atom. The molecule has 1 aliphatic heterocycles. The summed E-state index contributed by atoms with van der Waals surface area (Å²) in [6.45, 7) is 4.16. The Hall–Kier alpha value is -0.610. The van der Waals surface area contributed by atoms with Crippen molar-refractivity contribution in [2.45, 2.75) is 38.6 Å². The smallest absolute Gasteiger partial charge is 0.248 e. The van der Waals surface area contributed by atoms with Crippen LogP contribution in [-0.4, -0.2) is 43.2 Å². The minimum Gasteiger partial charge on any atom is -0.370 e. The van der Waals surface area contributed by atoms with Crippen LogP contribution in [0.5, 0.6) is 0 Å². The second-order valence-electron chi connectivity index (χ2n) is 3.99. The quantitative estimate of drug-likeness (QED) is 0.687.